The summed E-state index contributed by atoms with van der Waals surface area (Å²) in [5, 5.41) is 10.6. The van der Waals surface area contributed by atoms with Gasteiger partial charge in [-0.2, -0.15) is 0 Å². The van der Waals surface area contributed by atoms with Crippen molar-refractivity contribution < 1.29 is 0 Å². The van der Waals surface area contributed by atoms with Crippen LogP contribution < -0.4 is 0 Å². The summed E-state index contributed by atoms with van der Waals surface area (Å²) in [5.41, 5.74) is 9.32. The molecule has 4 heteroatoms. The van der Waals surface area contributed by atoms with Gasteiger partial charge in [0.2, 0.25) is 0 Å². The molecule has 0 saturated carbocycles. The van der Waals surface area contributed by atoms with Crippen LogP contribution in [0.4, 0.5) is 0 Å². The van der Waals surface area contributed by atoms with Crippen molar-refractivity contribution in [2.24, 2.45) is 0 Å². The molecule has 1 unspecified atom stereocenters. The first-order chi connectivity index (χ1) is 22.6. The number of aryl methyl sites for hydroxylation is 1. The number of hydrogen-bond donors (Lipinski definition) is 0. The second-order valence-corrected chi connectivity index (χ2v) is 11.7. The Hall–Kier alpha value is -4.96. The first kappa shape index (κ1) is 32.4. The molecule has 1 atom stereocenters. The van der Waals surface area contributed by atoms with Gasteiger partial charge in [0.15, 0.2) is 11.6 Å². The van der Waals surface area contributed by atoms with Crippen molar-refractivity contribution in [3.8, 4) is 34.2 Å². The number of benzene rings is 4. The summed E-state index contributed by atoms with van der Waals surface area (Å²) in [7, 11) is 0. The summed E-state index contributed by atoms with van der Waals surface area (Å²) in [5.74, 6) is 2.15. The van der Waals surface area contributed by atoms with Gasteiger partial charge in [0.05, 0.1) is 11.2 Å². The normalized spacial score (nSPS) is 11.8. The van der Waals surface area contributed by atoms with E-state index in [1.807, 2.05) is 48.6 Å². The van der Waals surface area contributed by atoms with Crippen molar-refractivity contribution in [1.82, 2.24) is 19.3 Å². The van der Waals surface area contributed by atoms with Crippen LogP contribution in [0.1, 0.15) is 76.6 Å². The maximum absolute atomic E-state index is 4.69. The summed E-state index contributed by atoms with van der Waals surface area (Å²) in [6.07, 6.45) is 10.8. The van der Waals surface area contributed by atoms with E-state index in [1.54, 1.807) is 0 Å². The lowest BCUT2D eigenvalue weighted by molar-refractivity contribution is 0.734. The van der Waals surface area contributed by atoms with Crippen LogP contribution in [-0.4, -0.2) is 19.3 Å². The number of hydrogen-bond acceptors (Lipinski definition) is 2. The van der Waals surface area contributed by atoms with Gasteiger partial charge in [-0.25, -0.2) is 0 Å². The van der Waals surface area contributed by atoms with Crippen LogP contribution in [0, 0.1) is 0 Å². The van der Waals surface area contributed by atoms with Gasteiger partial charge in [-0.15, -0.1) is 10.2 Å². The van der Waals surface area contributed by atoms with Gasteiger partial charge < -0.3 is 4.57 Å². The van der Waals surface area contributed by atoms with Gasteiger partial charge >= 0.3 is 0 Å². The Bertz CT molecular complexity index is 1890. The van der Waals surface area contributed by atoms with Gasteiger partial charge in [0.25, 0.3) is 0 Å². The number of unbranched alkanes of at least 4 members (excludes halogenated alkanes) is 1. The SMILES string of the molecule is C=C/C=C\c1c(CC)c2cc(C(C)CC)ccc2n1-c1ccc(-c2nnc(-c3ccccc3)n2-c2ccccc2)cc1.CCCC. The molecule has 0 saturated heterocycles. The minimum absolute atomic E-state index is 0.525. The molecule has 0 bridgehead atoms. The van der Waals surface area contributed by atoms with Crippen LogP contribution in [0.2, 0.25) is 0 Å². The Morgan fingerprint density at radius 3 is 1.85 bits per heavy atom. The topological polar surface area (TPSA) is 35.6 Å². The molecule has 6 aromatic rings. The summed E-state index contributed by atoms with van der Waals surface area (Å²) >= 11 is 0. The predicted octanol–water partition coefficient (Wildman–Crippen LogP) is 11.6. The fourth-order valence-electron chi connectivity index (χ4n) is 5.75. The number of allylic oxidation sites excluding steroid dienone is 2. The molecule has 4 aromatic carbocycles. The van der Waals surface area contributed by atoms with E-state index in [2.05, 4.69) is 133 Å². The molecule has 0 fully saturated rings. The molecule has 2 heterocycles. The van der Waals surface area contributed by atoms with Gasteiger partial charge in [-0.1, -0.05) is 121 Å². The number of rotatable bonds is 10. The molecule has 0 aliphatic carbocycles. The molecule has 4 nitrogen and oxygen atoms in total. The highest BCUT2D eigenvalue weighted by molar-refractivity contribution is 5.91. The zero-order valence-corrected chi connectivity index (χ0v) is 27.9. The van der Waals surface area contributed by atoms with Gasteiger partial charge in [-0.3, -0.25) is 4.57 Å². The van der Waals surface area contributed by atoms with E-state index >= 15 is 0 Å². The summed E-state index contributed by atoms with van der Waals surface area (Å²) in [6.45, 7) is 15.1. The lowest BCUT2D eigenvalue weighted by Gasteiger charge is -2.13. The number of nitrogens with zero attached hydrogens (tertiary/aromatic N) is 4. The van der Waals surface area contributed by atoms with E-state index in [4.69, 9.17) is 0 Å². The van der Waals surface area contributed by atoms with E-state index in [0.29, 0.717) is 5.92 Å². The number of para-hydroxylation sites is 1. The van der Waals surface area contributed by atoms with Crippen molar-refractivity contribution in [2.75, 3.05) is 0 Å². The fourth-order valence-corrected chi connectivity index (χ4v) is 5.75. The molecule has 0 radical (unpaired) electrons. The highest BCUT2D eigenvalue weighted by Crippen LogP contribution is 2.35. The zero-order chi connectivity index (χ0) is 32.5. The lowest BCUT2D eigenvalue weighted by atomic mass is 9.96. The quantitative estimate of drug-likeness (QED) is 0.145. The molecule has 0 spiro atoms. The third-order valence-electron chi connectivity index (χ3n) is 8.65. The van der Waals surface area contributed by atoms with Gasteiger partial charge in [-0.05, 0) is 84.5 Å². The third kappa shape index (κ3) is 6.67. The Balaban J connectivity index is 0.000000985. The minimum Gasteiger partial charge on any atom is -0.310 e. The zero-order valence-electron chi connectivity index (χ0n) is 27.9. The fraction of sp³-hybridized carbons (Fsp3) is 0.238. The summed E-state index contributed by atoms with van der Waals surface area (Å²) in [6, 6.07) is 36.2. The van der Waals surface area contributed by atoms with Gasteiger partial charge in [0, 0.05) is 27.9 Å². The molecule has 6 rings (SSSR count). The standard InChI is InChI=1S/C38H36N4.C4H10/c1-5-8-19-35-33(7-3)34-26-30(27(4)6-2)22-25-36(34)41(35)32-23-20-29(21-24-32)38-40-39-37(28-15-11-9-12-16-28)42(38)31-17-13-10-14-18-31;1-3-4-2/h5,8-27H,1,6-7H2,2-4H3;3-4H2,1-2H3/b19-8-;. The van der Waals surface area contributed by atoms with E-state index in [-0.39, 0.29) is 0 Å². The molecule has 0 aliphatic heterocycles. The molecular formula is C42H46N4. The second kappa shape index (κ2) is 15.4. The van der Waals surface area contributed by atoms with Crippen LogP contribution in [0.5, 0.6) is 0 Å². The number of aromatic nitrogens is 4. The average molecular weight is 607 g/mol. The molecule has 2 aromatic heterocycles. The van der Waals surface area contributed by atoms with Crippen molar-refractivity contribution >= 4 is 17.0 Å². The Morgan fingerprint density at radius 2 is 1.28 bits per heavy atom. The van der Waals surface area contributed by atoms with Crippen molar-refractivity contribution in [3.05, 3.63) is 139 Å². The predicted molar refractivity (Wildman–Crippen MR) is 197 cm³/mol. The maximum atomic E-state index is 4.69. The summed E-state index contributed by atoms with van der Waals surface area (Å²) in [4.78, 5) is 0. The van der Waals surface area contributed by atoms with Crippen LogP contribution in [0.15, 0.2) is 122 Å². The minimum atomic E-state index is 0.525. The van der Waals surface area contributed by atoms with Crippen LogP contribution in [0.3, 0.4) is 0 Å². The van der Waals surface area contributed by atoms with E-state index in [1.165, 1.54) is 40.6 Å². The average Bonchev–Trinajstić information content (AvgIpc) is 3.70. The largest absolute Gasteiger partial charge is 0.310 e. The summed E-state index contributed by atoms with van der Waals surface area (Å²) < 4.78 is 4.51. The molecule has 46 heavy (non-hydrogen) atoms. The molecular weight excluding hydrogens is 560 g/mol. The molecule has 0 N–H and O–H groups in total. The Kier molecular flexibility index (Phi) is 10.8. The van der Waals surface area contributed by atoms with Crippen LogP contribution >= 0.6 is 0 Å². The van der Waals surface area contributed by atoms with E-state index in [0.717, 1.165) is 47.0 Å². The van der Waals surface area contributed by atoms with E-state index < -0.39 is 0 Å². The molecule has 0 amide bonds. The van der Waals surface area contributed by atoms with E-state index in [9.17, 15) is 0 Å². The molecule has 0 aliphatic rings. The highest BCUT2D eigenvalue weighted by atomic mass is 15.3. The third-order valence-corrected chi connectivity index (χ3v) is 8.65. The number of fused-ring (bicyclic) bond motifs is 1. The van der Waals surface area contributed by atoms with Crippen molar-refractivity contribution in [1.29, 1.82) is 0 Å². The van der Waals surface area contributed by atoms with Crippen LogP contribution in [0.25, 0.3) is 51.1 Å². The first-order valence-corrected chi connectivity index (χ1v) is 16.7. The van der Waals surface area contributed by atoms with Gasteiger partial charge in [0.1, 0.15) is 0 Å². The second-order valence-electron chi connectivity index (χ2n) is 11.7. The van der Waals surface area contributed by atoms with Crippen LogP contribution in [-0.2, 0) is 6.42 Å². The lowest BCUT2D eigenvalue weighted by Crippen LogP contribution is -2.01. The maximum Gasteiger partial charge on any atom is 0.168 e. The highest BCUT2D eigenvalue weighted by Gasteiger charge is 2.19. The smallest absolute Gasteiger partial charge is 0.168 e. The first-order valence-electron chi connectivity index (χ1n) is 16.7. The Morgan fingerprint density at radius 1 is 0.696 bits per heavy atom. The van der Waals surface area contributed by atoms with Crippen molar-refractivity contribution in [3.63, 3.8) is 0 Å². The van der Waals surface area contributed by atoms with Crippen molar-refractivity contribution in [2.45, 2.75) is 66.2 Å². The molecule has 234 valence electrons. The Labute approximate surface area is 274 Å². The monoisotopic (exact) mass is 606 g/mol.